The van der Waals surface area contributed by atoms with Crippen LogP contribution in [0.2, 0.25) is 0 Å². The summed E-state index contributed by atoms with van der Waals surface area (Å²) in [6.07, 6.45) is 2.37. The molecule has 0 radical (unpaired) electrons. The Hall–Kier alpha value is -2.46. The van der Waals surface area contributed by atoms with Crippen molar-refractivity contribution in [2.75, 3.05) is 38.5 Å². The van der Waals surface area contributed by atoms with Gasteiger partial charge in [-0.3, -0.25) is 4.79 Å². The number of methoxy groups -OCH3 is 2. The van der Waals surface area contributed by atoms with Gasteiger partial charge in [0.1, 0.15) is 5.82 Å². The van der Waals surface area contributed by atoms with Gasteiger partial charge >= 0.3 is 11.9 Å². The predicted octanol–water partition coefficient (Wildman–Crippen LogP) is 2.59. The fourth-order valence-electron chi connectivity index (χ4n) is 3.33. The third-order valence-electron chi connectivity index (χ3n) is 4.70. The molecule has 2 rings (SSSR count). The molecular formula is C21H25FN2O5S2. The number of allylic oxidation sites excluding steroid dienone is 1. The predicted molar refractivity (Wildman–Crippen MR) is 119 cm³/mol. The van der Waals surface area contributed by atoms with Crippen LogP contribution in [-0.4, -0.2) is 56.9 Å². The summed E-state index contributed by atoms with van der Waals surface area (Å²) in [6.45, 7) is 2.15. The molecule has 7 nitrogen and oxygen atoms in total. The Kier molecular flexibility index (Phi) is 9.44. The lowest BCUT2D eigenvalue weighted by atomic mass is 9.80. The van der Waals surface area contributed by atoms with E-state index in [1.807, 2.05) is 0 Å². The number of carbonyl (C=O) groups is 3. The third-order valence-corrected chi connectivity index (χ3v) is 6.44. The molecule has 0 spiro atoms. The lowest BCUT2D eigenvalue weighted by Crippen LogP contribution is -2.34. The number of benzene rings is 1. The van der Waals surface area contributed by atoms with Crippen LogP contribution in [0, 0.1) is 5.82 Å². The molecule has 0 fully saturated rings. The number of hydrogen-bond donors (Lipinski definition) is 2. The second-order valence-corrected chi connectivity index (χ2v) is 8.41. The summed E-state index contributed by atoms with van der Waals surface area (Å²) in [4.78, 5) is 36.3. The summed E-state index contributed by atoms with van der Waals surface area (Å²) in [5, 5.41) is 5.68. The lowest BCUT2D eigenvalue weighted by molar-refractivity contribution is -0.137. The third kappa shape index (κ3) is 5.62. The molecule has 10 heteroatoms. The smallest absolute Gasteiger partial charge is 0.336 e. The minimum absolute atomic E-state index is 0.149. The van der Waals surface area contributed by atoms with Crippen molar-refractivity contribution in [2.24, 2.45) is 0 Å². The van der Waals surface area contributed by atoms with Gasteiger partial charge in [-0.1, -0.05) is 12.1 Å². The number of hydrogen-bond acceptors (Lipinski definition) is 8. The fourth-order valence-corrected chi connectivity index (χ4v) is 4.68. The van der Waals surface area contributed by atoms with Gasteiger partial charge in [-0.25, -0.2) is 14.0 Å². The van der Waals surface area contributed by atoms with Gasteiger partial charge in [0.2, 0.25) is 6.41 Å². The normalized spacial score (nSPS) is 16.0. The number of dihydropyridines is 1. The molecule has 1 unspecified atom stereocenters. The Bertz CT molecular complexity index is 917. The molecule has 0 aliphatic carbocycles. The Balaban J connectivity index is 2.63. The molecule has 1 aliphatic rings. The number of carbonyl (C=O) groups excluding carboxylic acids is 3. The van der Waals surface area contributed by atoms with Crippen LogP contribution in [0.4, 0.5) is 4.39 Å². The van der Waals surface area contributed by atoms with Crippen LogP contribution >= 0.6 is 23.5 Å². The first-order valence-corrected chi connectivity index (χ1v) is 11.7. The molecule has 1 aromatic carbocycles. The Morgan fingerprint density at radius 1 is 1.23 bits per heavy atom. The highest BCUT2D eigenvalue weighted by atomic mass is 32.2. The van der Waals surface area contributed by atoms with Crippen LogP contribution in [0.3, 0.4) is 0 Å². The highest BCUT2D eigenvalue weighted by molar-refractivity contribution is 7.99. The maximum Gasteiger partial charge on any atom is 0.336 e. The van der Waals surface area contributed by atoms with Crippen LogP contribution in [0.1, 0.15) is 18.4 Å². The summed E-state index contributed by atoms with van der Waals surface area (Å²) in [5.74, 6) is -1.84. The minimum Gasteiger partial charge on any atom is -0.466 e. The van der Waals surface area contributed by atoms with Crippen molar-refractivity contribution in [3.8, 4) is 0 Å². The number of ether oxygens (including phenoxy) is 2. The zero-order valence-electron chi connectivity index (χ0n) is 17.7. The van der Waals surface area contributed by atoms with Gasteiger partial charge in [0.05, 0.1) is 31.3 Å². The van der Waals surface area contributed by atoms with Crippen LogP contribution in [0.25, 0.3) is 0 Å². The quantitative estimate of drug-likeness (QED) is 0.234. The van der Waals surface area contributed by atoms with E-state index < -0.39 is 23.7 Å². The SMILES string of the molecule is COC(=O)C1=C(C)NC(CSCCNC=O)=C(C(=O)OC)C1c1cccc(SC)c1F. The van der Waals surface area contributed by atoms with Crippen LogP contribution in [0.15, 0.2) is 45.6 Å². The summed E-state index contributed by atoms with van der Waals surface area (Å²) in [5.41, 5.74) is 1.49. The maximum absolute atomic E-state index is 15.3. The summed E-state index contributed by atoms with van der Waals surface area (Å²) >= 11 is 2.70. The maximum atomic E-state index is 15.3. The lowest BCUT2D eigenvalue weighted by Gasteiger charge is -2.31. The van der Waals surface area contributed by atoms with E-state index in [1.54, 1.807) is 31.4 Å². The van der Waals surface area contributed by atoms with E-state index >= 15 is 4.39 Å². The molecule has 1 heterocycles. The number of esters is 2. The molecule has 0 bridgehead atoms. The van der Waals surface area contributed by atoms with Crippen LogP contribution in [-0.2, 0) is 23.9 Å². The molecule has 1 aromatic rings. The van der Waals surface area contributed by atoms with Crippen molar-refractivity contribution in [1.82, 2.24) is 10.6 Å². The van der Waals surface area contributed by atoms with Gasteiger partial charge in [0.25, 0.3) is 0 Å². The Labute approximate surface area is 189 Å². The highest BCUT2D eigenvalue weighted by Gasteiger charge is 2.40. The topological polar surface area (TPSA) is 93.7 Å². The van der Waals surface area contributed by atoms with E-state index in [-0.39, 0.29) is 16.7 Å². The Morgan fingerprint density at radius 2 is 1.90 bits per heavy atom. The van der Waals surface area contributed by atoms with Gasteiger partial charge < -0.3 is 20.1 Å². The van der Waals surface area contributed by atoms with Crippen molar-refractivity contribution in [1.29, 1.82) is 0 Å². The first-order chi connectivity index (χ1) is 14.9. The van der Waals surface area contributed by atoms with Gasteiger partial charge in [0, 0.05) is 39.9 Å². The second-order valence-electron chi connectivity index (χ2n) is 6.46. The number of thioether (sulfide) groups is 2. The molecule has 0 saturated heterocycles. The standard InChI is InChI=1S/C21H25FN2O5S2/c1-12-16(20(26)28-2)17(13-6-5-7-15(30-4)19(13)22)18(21(27)29-3)14(24-12)10-31-9-8-23-11-25/h5-7,11,17,24H,8-10H2,1-4H3,(H,23,25). The Morgan fingerprint density at radius 3 is 2.52 bits per heavy atom. The van der Waals surface area contributed by atoms with E-state index in [9.17, 15) is 14.4 Å². The van der Waals surface area contributed by atoms with Crippen LogP contribution < -0.4 is 10.6 Å². The van der Waals surface area contributed by atoms with Crippen molar-refractivity contribution in [2.45, 2.75) is 17.7 Å². The molecule has 0 saturated carbocycles. The number of rotatable bonds is 10. The molecule has 31 heavy (non-hydrogen) atoms. The average Bonchev–Trinajstić information content (AvgIpc) is 2.77. The molecule has 1 aliphatic heterocycles. The molecule has 1 amide bonds. The molecule has 1 atom stereocenters. The first-order valence-electron chi connectivity index (χ1n) is 9.35. The molecule has 2 N–H and O–H groups in total. The van der Waals surface area contributed by atoms with E-state index in [2.05, 4.69) is 10.6 Å². The summed E-state index contributed by atoms with van der Waals surface area (Å²) in [6, 6.07) is 4.88. The van der Waals surface area contributed by atoms with Crippen molar-refractivity contribution in [3.63, 3.8) is 0 Å². The van der Waals surface area contributed by atoms with E-state index in [0.29, 0.717) is 40.8 Å². The largest absolute Gasteiger partial charge is 0.466 e. The second kappa shape index (κ2) is 11.8. The van der Waals surface area contributed by atoms with Crippen molar-refractivity contribution < 1.29 is 28.2 Å². The number of nitrogens with one attached hydrogen (secondary N) is 2. The zero-order valence-corrected chi connectivity index (χ0v) is 19.4. The number of amides is 1. The fraction of sp³-hybridized carbons (Fsp3) is 0.381. The summed E-state index contributed by atoms with van der Waals surface area (Å²) in [7, 11) is 2.48. The summed E-state index contributed by atoms with van der Waals surface area (Å²) < 4.78 is 25.3. The minimum atomic E-state index is -0.989. The van der Waals surface area contributed by atoms with Crippen LogP contribution in [0.5, 0.6) is 0 Å². The zero-order chi connectivity index (χ0) is 23.0. The molecule has 0 aromatic heterocycles. The van der Waals surface area contributed by atoms with Gasteiger partial charge in [-0.15, -0.1) is 11.8 Å². The van der Waals surface area contributed by atoms with E-state index in [1.165, 1.54) is 37.7 Å². The van der Waals surface area contributed by atoms with Crippen molar-refractivity contribution >= 4 is 41.9 Å². The molecular weight excluding hydrogens is 443 g/mol. The monoisotopic (exact) mass is 468 g/mol. The van der Waals surface area contributed by atoms with E-state index in [0.717, 1.165) is 0 Å². The van der Waals surface area contributed by atoms with Gasteiger partial charge in [0.15, 0.2) is 0 Å². The average molecular weight is 469 g/mol. The number of halogens is 1. The molecule has 168 valence electrons. The first kappa shape index (κ1) is 24.8. The van der Waals surface area contributed by atoms with Gasteiger partial charge in [-0.2, -0.15) is 11.8 Å². The van der Waals surface area contributed by atoms with Gasteiger partial charge in [-0.05, 0) is 19.2 Å². The highest BCUT2D eigenvalue weighted by Crippen LogP contribution is 2.42. The van der Waals surface area contributed by atoms with E-state index in [4.69, 9.17) is 9.47 Å². The van der Waals surface area contributed by atoms with Crippen molar-refractivity contribution in [3.05, 3.63) is 52.1 Å².